The second kappa shape index (κ2) is 8.77. The number of hydrogen-bond acceptors (Lipinski definition) is 5. The molecule has 0 aliphatic carbocycles. The summed E-state index contributed by atoms with van der Waals surface area (Å²) in [6.45, 7) is 10.6. The highest BCUT2D eigenvalue weighted by Crippen LogP contribution is 2.25. The summed E-state index contributed by atoms with van der Waals surface area (Å²) in [6, 6.07) is 6.06. The molecule has 0 fully saturated rings. The van der Waals surface area contributed by atoms with Crippen molar-refractivity contribution in [2.45, 2.75) is 53.6 Å². The molecule has 2 aromatic rings. The number of aryl methyl sites for hydroxylation is 3. The zero-order valence-corrected chi connectivity index (χ0v) is 16.5. The fourth-order valence-corrected chi connectivity index (χ4v) is 3.03. The Balaban J connectivity index is 2.38. The van der Waals surface area contributed by atoms with Gasteiger partial charge in [-0.3, -0.25) is 0 Å². The Hall–Kier alpha value is -2.45. The molecule has 26 heavy (non-hydrogen) atoms. The van der Waals surface area contributed by atoms with Gasteiger partial charge in [0.05, 0.1) is 23.9 Å². The summed E-state index contributed by atoms with van der Waals surface area (Å²) in [5.74, 6) is 1.32. The number of nitriles is 1. The van der Waals surface area contributed by atoms with Crippen LogP contribution >= 0.6 is 0 Å². The molecule has 1 aromatic carbocycles. The van der Waals surface area contributed by atoms with Crippen LogP contribution in [-0.4, -0.2) is 29.8 Å². The summed E-state index contributed by atoms with van der Waals surface area (Å²) in [5.41, 5.74) is 5.99. The van der Waals surface area contributed by atoms with Gasteiger partial charge in [-0.25, -0.2) is 4.98 Å². The largest absolute Gasteiger partial charge is 0.472 e. The predicted molar refractivity (Wildman–Crippen MR) is 102 cm³/mol. The third-order valence-electron chi connectivity index (χ3n) is 4.57. The van der Waals surface area contributed by atoms with Crippen molar-refractivity contribution in [3.05, 3.63) is 51.5 Å². The molecule has 1 atom stereocenters. The Morgan fingerprint density at radius 2 is 1.77 bits per heavy atom. The zero-order chi connectivity index (χ0) is 19.3. The molecular formula is C21H27N3O2. The second-order valence-electron chi connectivity index (χ2n) is 6.63. The van der Waals surface area contributed by atoms with Crippen molar-refractivity contribution in [3.63, 3.8) is 0 Å². The molecule has 0 spiro atoms. The van der Waals surface area contributed by atoms with Crippen molar-refractivity contribution >= 4 is 0 Å². The van der Waals surface area contributed by atoms with Crippen LogP contribution in [0.2, 0.25) is 0 Å². The molecule has 0 saturated carbocycles. The van der Waals surface area contributed by atoms with Crippen molar-refractivity contribution in [1.29, 1.82) is 5.26 Å². The molecule has 1 aromatic heterocycles. The van der Waals surface area contributed by atoms with Gasteiger partial charge in [-0.1, -0.05) is 6.92 Å². The minimum absolute atomic E-state index is 0.0285. The van der Waals surface area contributed by atoms with Gasteiger partial charge in [0.15, 0.2) is 0 Å². The van der Waals surface area contributed by atoms with Gasteiger partial charge in [-0.15, -0.1) is 0 Å². The van der Waals surface area contributed by atoms with Crippen LogP contribution in [-0.2, 0) is 11.2 Å². The number of rotatable bonds is 7. The topological polar surface area (TPSA) is 68.0 Å². The summed E-state index contributed by atoms with van der Waals surface area (Å²) < 4.78 is 11.3. The fourth-order valence-electron chi connectivity index (χ4n) is 3.03. The number of aromatic nitrogens is 2. The van der Waals surface area contributed by atoms with E-state index in [9.17, 15) is 0 Å². The molecule has 0 aliphatic heterocycles. The van der Waals surface area contributed by atoms with Crippen LogP contribution in [0, 0.1) is 39.0 Å². The number of nitrogens with zero attached hydrogens (tertiary/aromatic N) is 3. The standard InChI is InChI=1S/C21H27N3O2/c1-7-18(12-25-6)26-21-15(4)20(23-16(5)24-21)10-19-13(2)8-17(11-22)9-14(19)3/h8-9,18H,7,10,12H2,1-6H3. The summed E-state index contributed by atoms with van der Waals surface area (Å²) in [6.07, 6.45) is 1.51. The fraction of sp³-hybridized carbons (Fsp3) is 0.476. The Labute approximate surface area is 156 Å². The first kappa shape index (κ1) is 19.9. The first-order chi connectivity index (χ1) is 12.4. The first-order valence-electron chi connectivity index (χ1n) is 8.89. The molecule has 5 heteroatoms. The first-order valence-corrected chi connectivity index (χ1v) is 8.89. The van der Waals surface area contributed by atoms with E-state index < -0.39 is 0 Å². The molecule has 5 nitrogen and oxygen atoms in total. The molecule has 1 heterocycles. The average molecular weight is 353 g/mol. The maximum Gasteiger partial charge on any atom is 0.220 e. The van der Waals surface area contributed by atoms with Crippen LogP contribution in [0.4, 0.5) is 0 Å². The molecule has 0 aliphatic rings. The third kappa shape index (κ3) is 4.59. The summed E-state index contributed by atoms with van der Waals surface area (Å²) in [5, 5.41) is 9.14. The Morgan fingerprint density at radius 1 is 1.12 bits per heavy atom. The maximum atomic E-state index is 9.14. The molecule has 0 amide bonds. The van der Waals surface area contributed by atoms with Gasteiger partial charge >= 0.3 is 0 Å². The SMILES string of the molecule is CCC(COC)Oc1nc(C)nc(Cc2c(C)cc(C#N)cc2C)c1C. The minimum atomic E-state index is -0.0285. The van der Waals surface area contributed by atoms with Gasteiger partial charge in [-0.2, -0.15) is 10.2 Å². The van der Waals surface area contributed by atoms with Crippen LogP contribution in [0.5, 0.6) is 5.88 Å². The summed E-state index contributed by atoms with van der Waals surface area (Å²) in [7, 11) is 1.67. The van der Waals surface area contributed by atoms with Gasteiger partial charge in [0.1, 0.15) is 11.9 Å². The second-order valence-corrected chi connectivity index (χ2v) is 6.63. The molecule has 0 N–H and O–H groups in total. The van der Waals surface area contributed by atoms with Gasteiger partial charge < -0.3 is 9.47 Å². The van der Waals surface area contributed by atoms with Gasteiger partial charge in [0.2, 0.25) is 5.88 Å². The molecule has 0 bridgehead atoms. The van der Waals surface area contributed by atoms with E-state index in [1.807, 2.05) is 39.8 Å². The van der Waals surface area contributed by atoms with E-state index in [0.29, 0.717) is 30.3 Å². The smallest absolute Gasteiger partial charge is 0.220 e. The van der Waals surface area contributed by atoms with Crippen LogP contribution in [0.15, 0.2) is 12.1 Å². The highest BCUT2D eigenvalue weighted by Gasteiger charge is 2.17. The maximum absolute atomic E-state index is 9.14. The molecular weight excluding hydrogens is 326 g/mol. The van der Waals surface area contributed by atoms with Gasteiger partial charge in [0.25, 0.3) is 0 Å². The highest BCUT2D eigenvalue weighted by atomic mass is 16.5. The van der Waals surface area contributed by atoms with Crippen molar-refractivity contribution in [1.82, 2.24) is 9.97 Å². The number of benzene rings is 1. The lowest BCUT2D eigenvalue weighted by Gasteiger charge is -2.19. The predicted octanol–water partition coefficient (Wildman–Crippen LogP) is 3.98. The number of methoxy groups -OCH3 is 1. The number of ether oxygens (including phenoxy) is 2. The minimum Gasteiger partial charge on any atom is -0.472 e. The molecule has 138 valence electrons. The van der Waals surface area contributed by atoms with E-state index in [2.05, 4.69) is 23.0 Å². The molecule has 0 radical (unpaired) electrons. The molecule has 2 rings (SSSR count). The van der Waals surface area contributed by atoms with E-state index >= 15 is 0 Å². The average Bonchev–Trinajstić information content (AvgIpc) is 2.60. The van der Waals surface area contributed by atoms with Crippen LogP contribution < -0.4 is 4.74 Å². The van der Waals surface area contributed by atoms with E-state index in [0.717, 1.165) is 28.8 Å². The lowest BCUT2D eigenvalue weighted by atomic mass is 9.95. The highest BCUT2D eigenvalue weighted by molar-refractivity contribution is 5.45. The lowest BCUT2D eigenvalue weighted by Crippen LogP contribution is -2.23. The molecule has 1 unspecified atom stereocenters. The Bertz CT molecular complexity index is 802. The monoisotopic (exact) mass is 353 g/mol. The summed E-state index contributed by atoms with van der Waals surface area (Å²) >= 11 is 0. The number of hydrogen-bond donors (Lipinski definition) is 0. The normalized spacial score (nSPS) is 11.9. The zero-order valence-electron chi connectivity index (χ0n) is 16.5. The van der Waals surface area contributed by atoms with Crippen LogP contribution in [0.25, 0.3) is 0 Å². The van der Waals surface area contributed by atoms with Gasteiger partial charge in [0, 0.05) is 19.1 Å². The lowest BCUT2D eigenvalue weighted by molar-refractivity contribution is 0.0748. The van der Waals surface area contributed by atoms with E-state index in [4.69, 9.17) is 14.7 Å². The van der Waals surface area contributed by atoms with Crippen molar-refractivity contribution in [2.75, 3.05) is 13.7 Å². The van der Waals surface area contributed by atoms with E-state index in [1.54, 1.807) is 7.11 Å². The quantitative estimate of drug-likeness (QED) is 0.753. The van der Waals surface area contributed by atoms with Gasteiger partial charge in [-0.05, 0) is 62.9 Å². The third-order valence-corrected chi connectivity index (χ3v) is 4.57. The Morgan fingerprint density at radius 3 is 2.31 bits per heavy atom. The Kier molecular flexibility index (Phi) is 6.70. The van der Waals surface area contributed by atoms with Crippen molar-refractivity contribution in [2.24, 2.45) is 0 Å². The van der Waals surface area contributed by atoms with E-state index in [1.165, 1.54) is 5.56 Å². The van der Waals surface area contributed by atoms with Crippen molar-refractivity contribution < 1.29 is 9.47 Å². The van der Waals surface area contributed by atoms with E-state index in [-0.39, 0.29) is 6.10 Å². The van der Waals surface area contributed by atoms with Crippen LogP contribution in [0.1, 0.15) is 52.7 Å². The van der Waals surface area contributed by atoms with Crippen molar-refractivity contribution in [3.8, 4) is 11.9 Å². The summed E-state index contributed by atoms with van der Waals surface area (Å²) in [4.78, 5) is 9.13. The molecule has 0 saturated heterocycles. The van der Waals surface area contributed by atoms with Crippen LogP contribution in [0.3, 0.4) is 0 Å².